The second kappa shape index (κ2) is 9.36. The Kier molecular flexibility index (Phi) is 6.41. The van der Waals surface area contributed by atoms with Crippen LogP contribution in [0.15, 0.2) is 57.0 Å². The monoisotopic (exact) mass is 517 g/mol. The van der Waals surface area contributed by atoms with Crippen LogP contribution in [0.3, 0.4) is 0 Å². The second-order valence-electron chi connectivity index (χ2n) is 8.93. The van der Waals surface area contributed by atoms with E-state index in [9.17, 15) is 18.3 Å². The molecule has 1 aliphatic carbocycles. The number of carbonyl (C=O) groups excluding carboxylic acids is 1. The molecule has 2 aromatic carbocycles. The summed E-state index contributed by atoms with van der Waals surface area (Å²) in [5.41, 5.74) is 6.84. The van der Waals surface area contributed by atoms with Crippen molar-refractivity contribution in [2.24, 2.45) is 5.73 Å². The number of hydrogen-bond acceptors (Lipinski definition) is 9. The largest absolute Gasteiger partial charge is 0.508 e. The van der Waals surface area contributed by atoms with Gasteiger partial charge in [0.05, 0.1) is 11.5 Å². The molecule has 1 saturated carbocycles. The lowest BCUT2D eigenvalue weighted by Gasteiger charge is -2.39. The second-order valence-corrected chi connectivity index (χ2v) is 12.2. The van der Waals surface area contributed by atoms with Crippen molar-refractivity contribution in [3.63, 3.8) is 0 Å². The van der Waals surface area contributed by atoms with Gasteiger partial charge in [-0.1, -0.05) is 11.8 Å². The molecule has 1 aliphatic heterocycles. The van der Waals surface area contributed by atoms with E-state index in [1.165, 1.54) is 30.0 Å². The summed E-state index contributed by atoms with van der Waals surface area (Å²) in [5.74, 6) is 0.411. The summed E-state index contributed by atoms with van der Waals surface area (Å²) in [6.45, 7) is 1.48. The minimum Gasteiger partial charge on any atom is -0.508 e. The van der Waals surface area contributed by atoms with E-state index >= 15 is 0 Å². The van der Waals surface area contributed by atoms with Crippen molar-refractivity contribution in [2.45, 2.75) is 46.6 Å². The van der Waals surface area contributed by atoms with Crippen molar-refractivity contribution in [1.82, 2.24) is 9.88 Å². The molecule has 0 atom stereocenters. The van der Waals surface area contributed by atoms with Crippen LogP contribution in [0.2, 0.25) is 0 Å². The van der Waals surface area contributed by atoms with E-state index in [1.54, 1.807) is 24.3 Å². The molecule has 1 amide bonds. The normalized spacial score (nSPS) is 18.5. The smallest absolute Gasteiger partial charge is 0.256 e. The number of sulfone groups is 1. The minimum atomic E-state index is -3.94. The molecule has 0 radical (unpaired) electrons. The zero-order valence-corrected chi connectivity index (χ0v) is 20.7. The van der Waals surface area contributed by atoms with Crippen LogP contribution in [-0.4, -0.2) is 65.6 Å². The van der Waals surface area contributed by atoms with Gasteiger partial charge in [0.15, 0.2) is 20.2 Å². The Morgan fingerprint density at radius 3 is 2.57 bits per heavy atom. The number of hydrogen-bond donors (Lipinski definition) is 2. The van der Waals surface area contributed by atoms with E-state index in [-0.39, 0.29) is 23.5 Å². The highest BCUT2D eigenvalue weighted by molar-refractivity contribution is 7.99. The molecule has 2 fully saturated rings. The number of benzene rings is 2. The molecule has 3 aromatic rings. The predicted octanol–water partition coefficient (Wildman–Crippen LogP) is 2.96. The van der Waals surface area contributed by atoms with E-state index < -0.39 is 20.5 Å². The molecule has 1 saturated heterocycles. The molecule has 2 heterocycles. The molecule has 186 valence electrons. The first-order chi connectivity index (χ1) is 16.8. The quantitative estimate of drug-likeness (QED) is 0.324. The van der Waals surface area contributed by atoms with E-state index in [0.717, 1.165) is 12.8 Å². The number of phenolic OH excluding ortho intramolecular Hbond substituents is 1. The Morgan fingerprint density at radius 1 is 1.20 bits per heavy atom. The van der Waals surface area contributed by atoms with Crippen molar-refractivity contribution in [3.05, 3.63) is 42.5 Å². The van der Waals surface area contributed by atoms with Crippen molar-refractivity contribution in [2.75, 3.05) is 25.4 Å². The van der Waals surface area contributed by atoms with Crippen LogP contribution in [-0.2, 0) is 14.6 Å². The number of phenols is 1. The number of rotatable bonds is 9. The fourth-order valence-electron chi connectivity index (χ4n) is 4.52. The van der Waals surface area contributed by atoms with Crippen molar-refractivity contribution < 1.29 is 27.5 Å². The first-order valence-corrected chi connectivity index (χ1v) is 14.0. The summed E-state index contributed by atoms with van der Waals surface area (Å²) >= 11 is 1.37. The molecule has 1 aromatic heterocycles. The Hall–Kier alpha value is -2.76. The van der Waals surface area contributed by atoms with Gasteiger partial charge in [-0.3, -0.25) is 4.79 Å². The summed E-state index contributed by atoms with van der Waals surface area (Å²) in [6, 6.07) is 11.4. The lowest BCUT2D eigenvalue weighted by Crippen LogP contribution is -2.57. The number of thioether (sulfide) groups is 1. The Balaban J connectivity index is 1.19. The number of piperidine rings is 1. The van der Waals surface area contributed by atoms with E-state index in [1.807, 2.05) is 0 Å². The number of oxazole rings is 1. The molecule has 0 unspecified atom stereocenters. The Labute approximate surface area is 207 Å². The molecule has 5 rings (SSSR count). The number of fused-ring (bicyclic) bond motifs is 1. The summed E-state index contributed by atoms with van der Waals surface area (Å²) in [6.07, 6.45) is 2.70. The summed E-state index contributed by atoms with van der Waals surface area (Å²) in [5, 5.41) is 9.99. The number of aromatic hydroxyl groups is 1. The van der Waals surface area contributed by atoms with Gasteiger partial charge in [-0.05, 0) is 62.1 Å². The Bertz CT molecular complexity index is 1330. The van der Waals surface area contributed by atoms with E-state index in [4.69, 9.17) is 14.9 Å². The standard InChI is InChI=1S/C24H27N3O6S2/c25-22(29)24(9-11-27(12-10-24)16-1-2-16)35(30,31)19-6-4-18(5-7-19)32-13-14-34-23-26-20-8-3-17(28)15-21(20)33-23/h3-8,15-16,28H,1-2,9-14H2,(H2,25,29). The van der Waals surface area contributed by atoms with E-state index in [0.29, 0.717) is 53.6 Å². The van der Waals surface area contributed by atoms with Crippen LogP contribution in [0.5, 0.6) is 11.5 Å². The third-order valence-electron chi connectivity index (χ3n) is 6.70. The highest BCUT2D eigenvalue weighted by Crippen LogP contribution is 2.39. The lowest BCUT2D eigenvalue weighted by atomic mass is 9.95. The fourth-order valence-corrected chi connectivity index (χ4v) is 7.10. The van der Waals surface area contributed by atoms with Crippen LogP contribution in [0.1, 0.15) is 25.7 Å². The van der Waals surface area contributed by atoms with Gasteiger partial charge in [-0.15, -0.1) is 0 Å². The van der Waals surface area contributed by atoms with Crippen LogP contribution < -0.4 is 10.5 Å². The van der Waals surface area contributed by atoms with Gasteiger partial charge in [0, 0.05) is 31.0 Å². The van der Waals surface area contributed by atoms with Crippen LogP contribution in [0.4, 0.5) is 0 Å². The van der Waals surface area contributed by atoms with E-state index in [2.05, 4.69) is 9.88 Å². The van der Waals surface area contributed by atoms with Crippen LogP contribution in [0.25, 0.3) is 11.1 Å². The molecular formula is C24H27N3O6S2. The number of ether oxygens (including phenoxy) is 1. The zero-order valence-electron chi connectivity index (χ0n) is 19.1. The highest BCUT2D eigenvalue weighted by Gasteiger charge is 2.52. The molecule has 9 nitrogen and oxygen atoms in total. The van der Waals surface area contributed by atoms with Gasteiger partial charge in [0.25, 0.3) is 5.22 Å². The van der Waals surface area contributed by atoms with Gasteiger partial charge in [-0.2, -0.15) is 0 Å². The zero-order chi connectivity index (χ0) is 24.6. The van der Waals surface area contributed by atoms with Crippen molar-refractivity contribution in [3.8, 4) is 11.5 Å². The molecule has 11 heteroatoms. The first-order valence-electron chi connectivity index (χ1n) is 11.5. The van der Waals surface area contributed by atoms with Crippen molar-refractivity contribution >= 4 is 38.6 Å². The van der Waals surface area contributed by atoms with Gasteiger partial charge in [0.1, 0.15) is 17.0 Å². The number of primary amides is 1. The average Bonchev–Trinajstić information content (AvgIpc) is 3.62. The number of amides is 1. The van der Waals surface area contributed by atoms with Gasteiger partial charge in [-0.25, -0.2) is 13.4 Å². The number of likely N-dealkylation sites (tertiary alicyclic amines) is 1. The number of nitrogens with zero attached hydrogens (tertiary/aromatic N) is 2. The van der Waals surface area contributed by atoms with Gasteiger partial charge in [0.2, 0.25) is 5.91 Å². The number of aromatic nitrogens is 1. The maximum atomic E-state index is 13.5. The predicted molar refractivity (Wildman–Crippen MR) is 131 cm³/mol. The minimum absolute atomic E-state index is 0.0765. The summed E-state index contributed by atoms with van der Waals surface area (Å²) < 4.78 is 36.7. The number of carbonyl (C=O) groups is 1. The topological polar surface area (TPSA) is 136 Å². The molecule has 35 heavy (non-hydrogen) atoms. The molecule has 3 N–H and O–H groups in total. The average molecular weight is 518 g/mol. The lowest BCUT2D eigenvalue weighted by molar-refractivity contribution is -0.121. The first kappa shape index (κ1) is 24.0. The van der Waals surface area contributed by atoms with Crippen molar-refractivity contribution in [1.29, 1.82) is 0 Å². The maximum Gasteiger partial charge on any atom is 0.256 e. The highest BCUT2D eigenvalue weighted by atomic mass is 32.2. The maximum absolute atomic E-state index is 13.5. The molecular weight excluding hydrogens is 490 g/mol. The summed E-state index contributed by atoms with van der Waals surface area (Å²) in [7, 11) is -3.94. The van der Waals surface area contributed by atoms with Crippen LogP contribution >= 0.6 is 11.8 Å². The third-order valence-corrected chi connectivity index (χ3v) is 10.0. The SMILES string of the molecule is NC(=O)C1(S(=O)(=O)c2ccc(OCCSc3nc4ccc(O)cc4o3)cc2)CCN(C2CC2)CC1. The summed E-state index contributed by atoms with van der Waals surface area (Å²) in [4.78, 5) is 19.1. The Morgan fingerprint density at radius 2 is 1.91 bits per heavy atom. The third kappa shape index (κ3) is 4.72. The van der Waals surface area contributed by atoms with Gasteiger partial charge >= 0.3 is 0 Å². The fraction of sp³-hybridized carbons (Fsp3) is 0.417. The number of nitrogens with two attached hydrogens (primary N) is 1. The molecule has 2 aliphatic rings. The van der Waals surface area contributed by atoms with Crippen LogP contribution in [0, 0.1) is 0 Å². The molecule has 0 spiro atoms. The van der Waals surface area contributed by atoms with Gasteiger partial charge < -0.3 is 24.9 Å². The molecule has 0 bridgehead atoms.